The van der Waals surface area contributed by atoms with Gasteiger partial charge in [0.25, 0.3) is 5.91 Å². The highest BCUT2D eigenvalue weighted by Gasteiger charge is 2.42. The second kappa shape index (κ2) is 12.8. The molecule has 0 aromatic heterocycles. The summed E-state index contributed by atoms with van der Waals surface area (Å²) in [4.78, 5) is 27.1. The number of nitrogens with zero attached hydrogens (tertiary/aromatic N) is 2. The van der Waals surface area contributed by atoms with Crippen LogP contribution in [0.25, 0.3) is 0 Å². The van der Waals surface area contributed by atoms with Crippen molar-refractivity contribution in [1.29, 1.82) is 0 Å². The molecule has 3 fully saturated rings. The van der Waals surface area contributed by atoms with Crippen molar-refractivity contribution >= 4 is 24.0 Å². The van der Waals surface area contributed by atoms with E-state index in [-0.39, 0.29) is 41.4 Å². The fraction of sp³-hybridized carbons (Fsp3) is 0.731. The highest BCUT2D eigenvalue weighted by Crippen LogP contribution is 2.43. The fourth-order valence-corrected chi connectivity index (χ4v) is 6.21. The van der Waals surface area contributed by atoms with E-state index < -0.39 is 4.92 Å². The molecule has 35 heavy (non-hydrogen) atoms. The number of rotatable bonds is 10. The van der Waals surface area contributed by atoms with E-state index in [4.69, 9.17) is 9.47 Å². The van der Waals surface area contributed by atoms with Gasteiger partial charge < -0.3 is 14.8 Å². The molecular formula is C26H40ClN3O5. The molecule has 2 aliphatic carbocycles. The SMILES string of the molecule is CCCOc1cc(OCCC)c([N+](=O)[O-])cc1C(=O)NC1CCN(C2C3CCCC2CCC3)C1.Cl. The van der Waals surface area contributed by atoms with Gasteiger partial charge in [-0.25, -0.2) is 0 Å². The maximum Gasteiger partial charge on any atom is 0.312 e. The Morgan fingerprint density at radius 2 is 1.63 bits per heavy atom. The lowest BCUT2D eigenvalue weighted by Crippen LogP contribution is -2.50. The molecule has 4 rings (SSSR count). The molecule has 1 amide bonds. The average Bonchev–Trinajstić information content (AvgIpc) is 3.28. The van der Waals surface area contributed by atoms with Gasteiger partial charge in [-0.15, -0.1) is 12.4 Å². The van der Waals surface area contributed by atoms with Gasteiger partial charge in [-0.2, -0.15) is 0 Å². The molecule has 1 atom stereocenters. The van der Waals surface area contributed by atoms with Gasteiger partial charge >= 0.3 is 5.69 Å². The molecule has 0 spiro atoms. The second-order valence-corrected chi connectivity index (χ2v) is 10.1. The smallest absolute Gasteiger partial charge is 0.312 e. The van der Waals surface area contributed by atoms with Gasteiger partial charge in [-0.3, -0.25) is 19.8 Å². The van der Waals surface area contributed by atoms with Crippen LogP contribution in [-0.4, -0.2) is 54.1 Å². The molecule has 2 saturated carbocycles. The molecule has 1 aromatic carbocycles. The van der Waals surface area contributed by atoms with Gasteiger partial charge in [0.1, 0.15) is 5.75 Å². The predicted octanol–water partition coefficient (Wildman–Crippen LogP) is 5.37. The van der Waals surface area contributed by atoms with Crippen molar-refractivity contribution in [2.75, 3.05) is 26.3 Å². The lowest BCUT2D eigenvalue weighted by molar-refractivity contribution is -0.385. The van der Waals surface area contributed by atoms with E-state index >= 15 is 0 Å². The van der Waals surface area contributed by atoms with Gasteiger partial charge in [0.05, 0.1) is 23.7 Å². The third-order valence-corrected chi connectivity index (χ3v) is 7.67. The summed E-state index contributed by atoms with van der Waals surface area (Å²) < 4.78 is 11.4. The van der Waals surface area contributed by atoms with Crippen LogP contribution in [0.1, 0.15) is 82.0 Å². The van der Waals surface area contributed by atoms with Crippen LogP contribution in [0.3, 0.4) is 0 Å². The van der Waals surface area contributed by atoms with Crippen LogP contribution < -0.4 is 14.8 Å². The minimum Gasteiger partial charge on any atom is -0.493 e. The quantitative estimate of drug-likeness (QED) is 0.336. The van der Waals surface area contributed by atoms with E-state index in [2.05, 4.69) is 10.2 Å². The van der Waals surface area contributed by atoms with Gasteiger partial charge in [-0.05, 0) is 56.8 Å². The molecular weight excluding hydrogens is 470 g/mol. The molecule has 1 unspecified atom stereocenters. The van der Waals surface area contributed by atoms with Gasteiger partial charge in [0.2, 0.25) is 5.75 Å². The third-order valence-electron chi connectivity index (χ3n) is 7.67. The van der Waals surface area contributed by atoms with Crippen LogP contribution in [0.2, 0.25) is 0 Å². The van der Waals surface area contributed by atoms with E-state index in [1.165, 1.54) is 50.7 Å². The van der Waals surface area contributed by atoms with Crippen molar-refractivity contribution < 1.29 is 19.2 Å². The Bertz CT molecular complexity index is 861. The molecule has 1 aromatic rings. The number of carbonyl (C=O) groups excluding carboxylic acids is 1. The number of amides is 1. The third kappa shape index (κ3) is 6.39. The number of ether oxygens (including phenoxy) is 2. The number of hydrogen-bond donors (Lipinski definition) is 1. The number of nitro groups is 1. The van der Waals surface area contributed by atoms with Gasteiger partial charge in [-0.1, -0.05) is 26.7 Å². The Labute approximate surface area is 214 Å². The molecule has 0 radical (unpaired) electrons. The van der Waals surface area contributed by atoms with Crippen molar-refractivity contribution in [2.24, 2.45) is 11.8 Å². The van der Waals surface area contributed by atoms with E-state index in [1.54, 1.807) is 0 Å². The Kier molecular flexibility index (Phi) is 10.0. The van der Waals surface area contributed by atoms with E-state index in [0.29, 0.717) is 25.0 Å². The maximum absolute atomic E-state index is 13.3. The number of likely N-dealkylation sites (tertiary alicyclic amines) is 1. The molecule has 8 nitrogen and oxygen atoms in total. The number of hydrogen-bond acceptors (Lipinski definition) is 6. The monoisotopic (exact) mass is 509 g/mol. The highest BCUT2D eigenvalue weighted by molar-refractivity contribution is 5.98. The van der Waals surface area contributed by atoms with Crippen LogP contribution in [0.5, 0.6) is 11.5 Å². The van der Waals surface area contributed by atoms with Crippen molar-refractivity contribution in [3.05, 3.63) is 27.8 Å². The normalized spacial score (nSPS) is 26.0. The van der Waals surface area contributed by atoms with Crippen LogP contribution in [0.15, 0.2) is 12.1 Å². The summed E-state index contributed by atoms with van der Waals surface area (Å²) in [5.41, 5.74) is 0.00233. The van der Waals surface area contributed by atoms with E-state index in [9.17, 15) is 14.9 Å². The fourth-order valence-electron chi connectivity index (χ4n) is 6.21. The number of halogens is 1. The molecule has 1 N–H and O–H groups in total. The Balaban J connectivity index is 0.00000342. The molecule has 1 saturated heterocycles. The summed E-state index contributed by atoms with van der Waals surface area (Å²) in [6, 6.07) is 3.51. The minimum atomic E-state index is -0.496. The van der Waals surface area contributed by atoms with Crippen LogP contribution in [0.4, 0.5) is 5.69 Å². The lowest BCUT2D eigenvalue weighted by atomic mass is 9.68. The first-order chi connectivity index (χ1) is 16.5. The van der Waals surface area contributed by atoms with Gasteiger partial charge in [0, 0.05) is 37.3 Å². The number of carbonyl (C=O) groups is 1. The topological polar surface area (TPSA) is 93.9 Å². The van der Waals surface area contributed by atoms with Gasteiger partial charge in [0.15, 0.2) is 0 Å². The number of fused-ring (bicyclic) bond motifs is 2. The first-order valence-electron chi connectivity index (χ1n) is 13.1. The molecule has 1 aliphatic heterocycles. The molecule has 196 valence electrons. The highest BCUT2D eigenvalue weighted by atomic mass is 35.5. The molecule has 3 aliphatic rings. The zero-order valence-electron chi connectivity index (χ0n) is 21.0. The summed E-state index contributed by atoms with van der Waals surface area (Å²) >= 11 is 0. The van der Waals surface area contributed by atoms with E-state index in [0.717, 1.165) is 44.2 Å². The summed E-state index contributed by atoms with van der Waals surface area (Å²) in [5, 5.41) is 14.8. The van der Waals surface area contributed by atoms with Crippen LogP contribution >= 0.6 is 12.4 Å². The van der Waals surface area contributed by atoms with Crippen molar-refractivity contribution in [1.82, 2.24) is 10.2 Å². The first kappa shape index (κ1) is 27.5. The zero-order chi connectivity index (χ0) is 24.1. The minimum absolute atomic E-state index is 0. The summed E-state index contributed by atoms with van der Waals surface area (Å²) in [6.45, 7) is 6.56. The Hall–Kier alpha value is -2.06. The van der Waals surface area contributed by atoms with Crippen molar-refractivity contribution in [3.8, 4) is 11.5 Å². The van der Waals surface area contributed by atoms with E-state index in [1.807, 2.05) is 13.8 Å². The molecule has 9 heteroatoms. The summed E-state index contributed by atoms with van der Waals surface area (Å²) in [6.07, 6.45) is 10.5. The number of nitrogens with one attached hydrogen (secondary N) is 1. The second-order valence-electron chi connectivity index (χ2n) is 10.1. The summed E-state index contributed by atoms with van der Waals surface area (Å²) in [7, 11) is 0. The maximum atomic E-state index is 13.3. The van der Waals surface area contributed by atoms with Crippen molar-refractivity contribution in [2.45, 2.75) is 83.7 Å². The van der Waals surface area contributed by atoms with Crippen LogP contribution in [-0.2, 0) is 0 Å². The Morgan fingerprint density at radius 1 is 1.03 bits per heavy atom. The summed E-state index contributed by atoms with van der Waals surface area (Å²) in [5.74, 6) is 1.77. The van der Waals surface area contributed by atoms with Crippen molar-refractivity contribution in [3.63, 3.8) is 0 Å². The Morgan fingerprint density at radius 3 is 2.20 bits per heavy atom. The molecule has 2 bridgehead atoms. The first-order valence-corrected chi connectivity index (χ1v) is 13.1. The lowest BCUT2D eigenvalue weighted by Gasteiger charge is -2.47. The predicted molar refractivity (Wildman–Crippen MR) is 138 cm³/mol. The number of benzene rings is 1. The number of nitro benzene ring substituents is 1. The molecule has 1 heterocycles. The largest absolute Gasteiger partial charge is 0.493 e. The zero-order valence-corrected chi connectivity index (χ0v) is 21.8. The van der Waals surface area contributed by atoms with Crippen LogP contribution in [0, 0.1) is 22.0 Å². The standard InChI is InChI=1S/C26H39N3O5.ClH/c1-3-13-33-23-16-24(34-14-4-2)22(29(31)32)15-21(23)26(30)27-20-11-12-28(17-20)25-18-7-5-8-19(25)10-6-9-18;/h15-16,18-20,25H,3-14,17H2,1-2H3,(H,27,30);1H. The average molecular weight is 510 g/mol.